The van der Waals surface area contributed by atoms with Crippen molar-refractivity contribution >= 4 is 12.6 Å². The van der Waals surface area contributed by atoms with E-state index in [-0.39, 0.29) is 0 Å². The lowest BCUT2D eigenvalue weighted by atomic mass is 9.72. The van der Waals surface area contributed by atoms with Crippen LogP contribution in [0.5, 0.6) is 0 Å². The number of nitrogens with zero attached hydrogens (tertiary/aromatic N) is 1. The lowest BCUT2D eigenvalue weighted by Gasteiger charge is -2.39. The van der Waals surface area contributed by atoms with E-state index < -0.39 is 18.3 Å². The van der Waals surface area contributed by atoms with E-state index in [1.165, 1.54) is 11.1 Å². The van der Waals surface area contributed by atoms with Crippen molar-refractivity contribution in [3.63, 3.8) is 0 Å². The fourth-order valence-corrected chi connectivity index (χ4v) is 2.50. The van der Waals surface area contributed by atoms with Crippen LogP contribution in [0.2, 0.25) is 0 Å². The van der Waals surface area contributed by atoms with Crippen LogP contribution in [0.25, 0.3) is 0 Å². The number of fused-ring (bicyclic) bond motifs is 1. The minimum Gasteiger partial charge on any atom is -0.423 e. The van der Waals surface area contributed by atoms with Crippen molar-refractivity contribution < 1.29 is 14.8 Å². The van der Waals surface area contributed by atoms with Crippen molar-refractivity contribution in [2.45, 2.75) is 51.9 Å². The molecule has 0 amide bonds. The van der Waals surface area contributed by atoms with Gasteiger partial charge in [-0.25, -0.2) is 0 Å². The molecule has 1 aliphatic rings. The molecule has 1 aliphatic heterocycles. The highest BCUT2D eigenvalue weighted by Gasteiger charge is 2.40. The predicted molar refractivity (Wildman–Crippen MR) is 85.5 cm³/mol. The van der Waals surface area contributed by atoms with Crippen molar-refractivity contribution in [1.29, 1.82) is 0 Å². The minimum atomic E-state index is -1.04. The summed E-state index contributed by atoms with van der Waals surface area (Å²) in [6.07, 6.45) is 0.908. The van der Waals surface area contributed by atoms with E-state index in [9.17, 15) is 10.1 Å². The van der Waals surface area contributed by atoms with Gasteiger partial charge in [-0.3, -0.25) is 0 Å². The Morgan fingerprint density at radius 1 is 1.24 bits per heavy atom. The Balaban J connectivity index is 2.25. The molecule has 0 saturated heterocycles. The first kappa shape index (κ1) is 16.5. The molecule has 0 saturated carbocycles. The number of hydrogen-bond acceptors (Lipinski definition) is 4. The second-order valence-corrected chi connectivity index (χ2v) is 7.01. The van der Waals surface area contributed by atoms with Gasteiger partial charge in [-0.2, -0.15) is 0 Å². The standard InChI is InChI=1S/C16H26BNO3/c1-15(2,19)16(3,4)21-17(20)14-8-6-7-12-11-18(5)10-9-13(12)14/h6-8,19-20H,9-11H2,1-5H3. The third-order valence-corrected chi connectivity index (χ3v) is 4.64. The largest absolute Gasteiger partial charge is 0.491 e. The Hall–Kier alpha value is -0.875. The Bertz CT molecular complexity index is 511. The molecule has 0 aromatic heterocycles. The van der Waals surface area contributed by atoms with E-state index in [1.807, 2.05) is 12.1 Å². The molecule has 1 heterocycles. The Kier molecular flexibility index (Phi) is 4.50. The highest BCUT2D eigenvalue weighted by molar-refractivity contribution is 6.60. The van der Waals surface area contributed by atoms with Gasteiger partial charge in [-0.1, -0.05) is 18.2 Å². The summed E-state index contributed by atoms with van der Waals surface area (Å²) in [7, 11) is 1.07. The van der Waals surface area contributed by atoms with Crippen molar-refractivity contribution in [3.8, 4) is 0 Å². The van der Waals surface area contributed by atoms with Gasteiger partial charge in [0, 0.05) is 13.1 Å². The van der Waals surface area contributed by atoms with Gasteiger partial charge in [0.1, 0.15) is 0 Å². The molecule has 0 spiro atoms. The number of likely N-dealkylation sites (N-methyl/N-ethyl adjacent to an activating group) is 1. The summed E-state index contributed by atoms with van der Waals surface area (Å²) in [6.45, 7) is 8.83. The van der Waals surface area contributed by atoms with Gasteiger partial charge in [-0.15, -0.1) is 0 Å². The highest BCUT2D eigenvalue weighted by Crippen LogP contribution is 2.26. The van der Waals surface area contributed by atoms with Crippen molar-refractivity contribution in [3.05, 3.63) is 29.3 Å². The topological polar surface area (TPSA) is 52.9 Å². The van der Waals surface area contributed by atoms with Gasteiger partial charge in [-0.05, 0) is 57.8 Å². The zero-order valence-corrected chi connectivity index (χ0v) is 13.7. The molecule has 0 bridgehead atoms. The van der Waals surface area contributed by atoms with Crippen molar-refractivity contribution in [1.82, 2.24) is 4.90 Å². The molecular formula is C16H26BNO3. The lowest BCUT2D eigenvalue weighted by molar-refractivity contribution is -0.0982. The van der Waals surface area contributed by atoms with Gasteiger partial charge in [0.25, 0.3) is 0 Å². The van der Waals surface area contributed by atoms with E-state index in [0.717, 1.165) is 25.0 Å². The van der Waals surface area contributed by atoms with Gasteiger partial charge >= 0.3 is 7.12 Å². The maximum Gasteiger partial charge on any atom is 0.491 e. The fourth-order valence-electron chi connectivity index (χ4n) is 2.50. The van der Waals surface area contributed by atoms with Gasteiger partial charge in [0.15, 0.2) is 0 Å². The SMILES string of the molecule is CN1CCc2c(cccc2B(O)OC(C)(C)C(C)(C)O)C1. The highest BCUT2D eigenvalue weighted by atomic mass is 16.5. The average Bonchev–Trinajstić information content (AvgIpc) is 2.35. The second-order valence-electron chi connectivity index (χ2n) is 7.01. The fraction of sp³-hybridized carbons (Fsp3) is 0.625. The molecule has 2 rings (SSSR count). The van der Waals surface area contributed by atoms with Crippen LogP contribution in [0.3, 0.4) is 0 Å². The Labute approximate surface area is 127 Å². The van der Waals surface area contributed by atoms with Crippen LogP contribution in [0.4, 0.5) is 0 Å². The molecule has 0 radical (unpaired) electrons. The molecule has 5 heteroatoms. The summed E-state index contributed by atoms with van der Waals surface area (Å²) in [5.74, 6) is 0. The maximum atomic E-state index is 10.5. The zero-order chi connectivity index (χ0) is 15.8. The molecule has 4 nitrogen and oxygen atoms in total. The summed E-state index contributed by atoms with van der Waals surface area (Å²) >= 11 is 0. The summed E-state index contributed by atoms with van der Waals surface area (Å²) in [6, 6.07) is 5.97. The molecule has 0 unspecified atom stereocenters. The molecule has 2 N–H and O–H groups in total. The van der Waals surface area contributed by atoms with Crippen molar-refractivity contribution in [2.24, 2.45) is 0 Å². The molecule has 116 valence electrons. The lowest BCUT2D eigenvalue weighted by Crippen LogP contribution is -2.54. The summed E-state index contributed by atoms with van der Waals surface area (Å²) in [4.78, 5) is 2.26. The van der Waals surface area contributed by atoms with Crippen LogP contribution in [0.1, 0.15) is 38.8 Å². The zero-order valence-electron chi connectivity index (χ0n) is 13.7. The van der Waals surface area contributed by atoms with Crippen LogP contribution in [0, 0.1) is 0 Å². The summed E-state index contributed by atoms with van der Waals surface area (Å²) in [5.41, 5.74) is 1.35. The van der Waals surface area contributed by atoms with Crippen LogP contribution >= 0.6 is 0 Å². The molecule has 1 aromatic carbocycles. The van der Waals surface area contributed by atoms with Crippen LogP contribution in [-0.4, -0.2) is 46.9 Å². The minimum absolute atomic E-state index is 0.818. The molecule has 0 atom stereocenters. The number of aliphatic hydroxyl groups is 1. The van der Waals surface area contributed by atoms with Gasteiger partial charge < -0.3 is 19.7 Å². The third-order valence-electron chi connectivity index (χ3n) is 4.64. The van der Waals surface area contributed by atoms with E-state index in [0.29, 0.717) is 0 Å². The predicted octanol–water partition coefficient (Wildman–Crippen LogP) is 0.928. The second kappa shape index (κ2) is 5.73. The van der Waals surface area contributed by atoms with E-state index in [2.05, 4.69) is 18.0 Å². The Morgan fingerprint density at radius 2 is 1.90 bits per heavy atom. The monoisotopic (exact) mass is 291 g/mol. The van der Waals surface area contributed by atoms with Crippen LogP contribution in [-0.2, 0) is 17.6 Å². The molecule has 1 aromatic rings. The van der Waals surface area contributed by atoms with Gasteiger partial charge in [0.05, 0.1) is 11.2 Å². The third kappa shape index (κ3) is 3.48. The van der Waals surface area contributed by atoms with Crippen molar-refractivity contribution in [2.75, 3.05) is 13.6 Å². The van der Waals surface area contributed by atoms with Crippen LogP contribution < -0.4 is 5.46 Å². The van der Waals surface area contributed by atoms with Crippen LogP contribution in [0.15, 0.2) is 18.2 Å². The number of benzene rings is 1. The smallest absolute Gasteiger partial charge is 0.423 e. The molecular weight excluding hydrogens is 265 g/mol. The normalized spacial score (nSPS) is 16.7. The molecule has 0 aliphatic carbocycles. The summed E-state index contributed by atoms with van der Waals surface area (Å²) in [5, 5.41) is 20.7. The van der Waals surface area contributed by atoms with E-state index in [1.54, 1.807) is 27.7 Å². The maximum absolute atomic E-state index is 10.5. The van der Waals surface area contributed by atoms with E-state index >= 15 is 0 Å². The summed E-state index contributed by atoms with van der Waals surface area (Å²) < 4.78 is 5.77. The molecule has 21 heavy (non-hydrogen) atoms. The average molecular weight is 291 g/mol. The number of hydrogen-bond donors (Lipinski definition) is 2. The first-order valence-corrected chi connectivity index (χ1v) is 7.49. The molecule has 0 fully saturated rings. The number of rotatable bonds is 4. The Morgan fingerprint density at radius 3 is 2.52 bits per heavy atom. The van der Waals surface area contributed by atoms with Gasteiger partial charge in [0.2, 0.25) is 0 Å². The first-order valence-electron chi connectivity index (χ1n) is 7.49. The first-order chi connectivity index (χ1) is 9.62. The quantitative estimate of drug-likeness (QED) is 0.810. The van der Waals surface area contributed by atoms with E-state index in [4.69, 9.17) is 4.65 Å².